The number of hydrogen-bond acceptors (Lipinski definition) is 1. The lowest BCUT2D eigenvalue weighted by atomic mass is 9.57. The Hall–Kier alpha value is -0.590. The highest BCUT2D eigenvalue weighted by molar-refractivity contribution is 5.93. The maximum Gasteiger partial charge on any atom is 0.155 e. The smallest absolute Gasteiger partial charge is 0.155 e. The van der Waals surface area contributed by atoms with Crippen LogP contribution in [0.4, 0.5) is 0 Å². The topological polar surface area (TPSA) is 17.1 Å². The summed E-state index contributed by atoms with van der Waals surface area (Å²) in [6.45, 7) is 6.49. The zero-order chi connectivity index (χ0) is 11.1. The van der Waals surface area contributed by atoms with Crippen LogP contribution < -0.4 is 0 Å². The van der Waals surface area contributed by atoms with E-state index in [1.165, 1.54) is 19.3 Å². The molecular weight excluding hydrogens is 184 g/mol. The summed E-state index contributed by atoms with van der Waals surface area (Å²) in [7, 11) is 0. The van der Waals surface area contributed by atoms with E-state index in [1.54, 1.807) is 6.92 Å². The summed E-state index contributed by atoms with van der Waals surface area (Å²) in [6, 6.07) is 0. The van der Waals surface area contributed by atoms with Crippen molar-refractivity contribution < 1.29 is 4.79 Å². The molecule has 0 spiro atoms. The van der Waals surface area contributed by atoms with Crippen LogP contribution in [-0.4, -0.2) is 5.78 Å². The molecule has 3 atom stereocenters. The van der Waals surface area contributed by atoms with Gasteiger partial charge in [-0.3, -0.25) is 4.79 Å². The number of fused-ring (bicyclic) bond motifs is 1. The molecule has 1 nitrogen and oxygen atoms in total. The molecule has 2 aliphatic carbocycles. The zero-order valence-corrected chi connectivity index (χ0v) is 10.2. The van der Waals surface area contributed by atoms with Crippen molar-refractivity contribution in [1.82, 2.24) is 0 Å². The van der Waals surface area contributed by atoms with Crippen molar-refractivity contribution in [3.05, 3.63) is 11.6 Å². The Morgan fingerprint density at radius 3 is 2.93 bits per heavy atom. The lowest BCUT2D eigenvalue weighted by Gasteiger charge is -2.47. The van der Waals surface area contributed by atoms with Gasteiger partial charge in [0.05, 0.1) is 0 Å². The van der Waals surface area contributed by atoms with Crippen molar-refractivity contribution in [2.45, 2.75) is 52.9 Å². The molecule has 0 aliphatic heterocycles. The highest BCUT2D eigenvalue weighted by Gasteiger charge is 2.42. The molecule has 1 fully saturated rings. The molecule has 0 saturated heterocycles. The van der Waals surface area contributed by atoms with Gasteiger partial charge in [-0.05, 0) is 49.0 Å². The van der Waals surface area contributed by atoms with E-state index in [-0.39, 0.29) is 5.78 Å². The van der Waals surface area contributed by atoms with Gasteiger partial charge in [-0.25, -0.2) is 0 Å². The number of hydrogen-bond donors (Lipinski definition) is 0. The van der Waals surface area contributed by atoms with Gasteiger partial charge in [0.1, 0.15) is 0 Å². The molecule has 84 valence electrons. The Bertz CT molecular complexity index is 302. The standard InChI is InChI=1S/C14H22O/c1-10-5-4-7-14(3)8-6-12(11(2)15)9-13(10)14/h6,10,13H,4-5,7-9H2,1-3H3/t10-,13+,14+/m0/s1. The SMILES string of the molecule is CC(=O)C1=CC[C@@]2(C)CCC[C@H](C)[C@H]2C1. The van der Waals surface area contributed by atoms with E-state index in [4.69, 9.17) is 0 Å². The number of carbonyl (C=O) groups excluding carboxylic acids is 1. The lowest BCUT2D eigenvalue weighted by Crippen LogP contribution is -2.38. The molecule has 0 N–H and O–H groups in total. The predicted octanol–water partition coefficient (Wildman–Crippen LogP) is 3.74. The molecule has 0 aromatic rings. The minimum absolute atomic E-state index is 0.287. The summed E-state index contributed by atoms with van der Waals surface area (Å²) < 4.78 is 0. The number of ketones is 1. The molecule has 0 unspecified atom stereocenters. The Balaban J connectivity index is 2.23. The number of allylic oxidation sites excluding steroid dienone is 2. The van der Waals surface area contributed by atoms with Crippen molar-refractivity contribution in [2.24, 2.45) is 17.3 Å². The summed E-state index contributed by atoms with van der Waals surface area (Å²) in [5.41, 5.74) is 1.57. The number of carbonyl (C=O) groups is 1. The molecule has 0 radical (unpaired) electrons. The predicted molar refractivity (Wildman–Crippen MR) is 62.6 cm³/mol. The monoisotopic (exact) mass is 206 g/mol. The third-order valence-electron chi connectivity index (χ3n) is 4.70. The molecule has 0 aromatic carbocycles. The maximum atomic E-state index is 11.4. The van der Waals surface area contributed by atoms with Crippen molar-refractivity contribution in [2.75, 3.05) is 0 Å². The van der Waals surface area contributed by atoms with Crippen LogP contribution in [0.1, 0.15) is 52.9 Å². The van der Waals surface area contributed by atoms with Crippen LogP contribution in [0.5, 0.6) is 0 Å². The second-order valence-corrected chi connectivity index (χ2v) is 5.82. The van der Waals surface area contributed by atoms with E-state index in [0.717, 1.165) is 30.3 Å². The van der Waals surface area contributed by atoms with Gasteiger partial charge in [0, 0.05) is 0 Å². The van der Waals surface area contributed by atoms with E-state index in [0.29, 0.717) is 5.41 Å². The normalized spacial score (nSPS) is 40.6. The van der Waals surface area contributed by atoms with Crippen molar-refractivity contribution >= 4 is 5.78 Å². The van der Waals surface area contributed by atoms with E-state index >= 15 is 0 Å². The maximum absolute atomic E-state index is 11.4. The van der Waals surface area contributed by atoms with Gasteiger partial charge >= 0.3 is 0 Å². The minimum Gasteiger partial charge on any atom is -0.295 e. The van der Waals surface area contributed by atoms with Crippen molar-refractivity contribution in [1.29, 1.82) is 0 Å². The van der Waals surface area contributed by atoms with Crippen LogP contribution >= 0.6 is 0 Å². The lowest BCUT2D eigenvalue weighted by molar-refractivity contribution is -0.114. The number of rotatable bonds is 1. The van der Waals surface area contributed by atoms with Gasteiger partial charge in [0.25, 0.3) is 0 Å². The summed E-state index contributed by atoms with van der Waals surface area (Å²) in [4.78, 5) is 11.4. The average molecular weight is 206 g/mol. The van der Waals surface area contributed by atoms with Crippen LogP contribution in [0.25, 0.3) is 0 Å². The molecule has 0 aromatic heterocycles. The Labute approximate surface area is 92.9 Å². The summed E-state index contributed by atoms with van der Waals surface area (Å²) in [6.07, 6.45) is 8.44. The van der Waals surface area contributed by atoms with Gasteiger partial charge in [-0.2, -0.15) is 0 Å². The summed E-state index contributed by atoms with van der Waals surface area (Å²) in [5.74, 6) is 1.83. The molecular formula is C14H22O. The molecule has 1 heteroatoms. The third kappa shape index (κ3) is 1.89. The van der Waals surface area contributed by atoms with Crippen LogP contribution in [-0.2, 0) is 4.79 Å². The minimum atomic E-state index is 0.287. The Kier molecular flexibility index (Phi) is 2.74. The first-order valence-electron chi connectivity index (χ1n) is 6.23. The summed E-state index contributed by atoms with van der Waals surface area (Å²) in [5, 5.41) is 0. The van der Waals surface area contributed by atoms with Gasteiger partial charge < -0.3 is 0 Å². The first-order valence-corrected chi connectivity index (χ1v) is 6.23. The number of Topliss-reactive ketones (excluding diaryl/α,β-unsaturated/α-hetero) is 1. The van der Waals surface area contributed by atoms with Gasteiger partial charge in [0.2, 0.25) is 0 Å². The largest absolute Gasteiger partial charge is 0.295 e. The fraction of sp³-hybridized carbons (Fsp3) is 0.786. The second-order valence-electron chi connectivity index (χ2n) is 5.82. The molecule has 15 heavy (non-hydrogen) atoms. The van der Waals surface area contributed by atoms with Crippen molar-refractivity contribution in [3.63, 3.8) is 0 Å². The van der Waals surface area contributed by atoms with Crippen LogP contribution in [0, 0.1) is 17.3 Å². The second kappa shape index (κ2) is 3.77. The first kappa shape index (κ1) is 10.9. The van der Waals surface area contributed by atoms with Crippen LogP contribution in [0.2, 0.25) is 0 Å². The summed E-state index contributed by atoms with van der Waals surface area (Å²) >= 11 is 0. The zero-order valence-electron chi connectivity index (χ0n) is 10.2. The quantitative estimate of drug-likeness (QED) is 0.638. The van der Waals surface area contributed by atoms with Gasteiger partial charge in [-0.1, -0.05) is 32.8 Å². The molecule has 0 heterocycles. The van der Waals surface area contributed by atoms with E-state index in [9.17, 15) is 4.79 Å². The molecule has 2 aliphatic rings. The van der Waals surface area contributed by atoms with Crippen LogP contribution in [0.3, 0.4) is 0 Å². The fourth-order valence-corrected chi connectivity index (χ4v) is 3.57. The Morgan fingerprint density at radius 1 is 1.53 bits per heavy atom. The molecule has 1 saturated carbocycles. The van der Waals surface area contributed by atoms with E-state index in [2.05, 4.69) is 19.9 Å². The van der Waals surface area contributed by atoms with Crippen molar-refractivity contribution in [3.8, 4) is 0 Å². The van der Waals surface area contributed by atoms with Gasteiger partial charge in [0.15, 0.2) is 5.78 Å². The molecule has 2 rings (SSSR count). The average Bonchev–Trinajstić information content (AvgIpc) is 2.17. The Morgan fingerprint density at radius 2 is 2.27 bits per heavy atom. The molecule has 0 bridgehead atoms. The van der Waals surface area contributed by atoms with Gasteiger partial charge in [-0.15, -0.1) is 0 Å². The molecule has 0 amide bonds. The highest BCUT2D eigenvalue weighted by atomic mass is 16.1. The van der Waals surface area contributed by atoms with E-state index in [1.807, 2.05) is 0 Å². The first-order chi connectivity index (χ1) is 7.03. The highest BCUT2D eigenvalue weighted by Crippen LogP contribution is 2.51. The van der Waals surface area contributed by atoms with Crippen LogP contribution in [0.15, 0.2) is 11.6 Å². The van der Waals surface area contributed by atoms with E-state index < -0.39 is 0 Å². The fourth-order valence-electron chi connectivity index (χ4n) is 3.57. The third-order valence-corrected chi connectivity index (χ3v) is 4.70.